The molecule has 3 unspecified atom stereocenters. The van der Waals surface area contributed by atoms with E-state index >= 15 is 0 Å². The van der Waals surface area contributed by atoms with Gasteiger partial charge in [-0.3, -0.25) is 10.1 Å². The largest absolute Gasteiger partial charge is 0.323 e. The summed E-state index contributed by atoms with van der Waals surface area (Å²) in [5.74, 6) is 2.02. The maximum Gasteiger partial charge on any atom is 0.241 e. The maximum atomic E-state index is 12.9. The van der Waals surface area contributed by atoms with E-state index in [1.165, 1.54) is 32.1 Å². The zero-order chi connectivity index (χ0) is 15.6. The van der Waals surface area contributed by atoms with Gasteiger partial charge in [-0.05, 0) is 43.9 Å². The smallest absolute Gasteiger partial charge is 0.241 e. The number of carbonyl (C=O) groups is 1. The van der Waals surface area contributed by atoms with Crippen molar-refractivity contribution in [1.29, 1.82) is 0 Å². The summed E-state index contributed by atoms with van der Waals surface area (Å²) in [5, 5.41) is 3.62. The molecular weight excluding hydrogens is 260 g/mol. The van der Waals surface area contributed by atoms with Crippen molar-refractivity contribution >= 4 is 5.91 Å². The first-order chi connectivity index (χ1) is 9.91. The third kappa shape index (κ3) is 3.80. The number of amides is 1. The van der Waals surface area contributed by atoms with E-state index in [0.717, 1.165) is 6.42 Å². The molecular formula is C18H34N2O. The van der Waals surface area contributed by atoms with Gasteiger partial charge >= 0.3 is 0 Å². The molecule has 0 aromatic rings. The van der Waals surface area contributed by atoms with Crippen LogP contribution in [0.5, 0.6) is 0 Å². The predicted octanol–water partition coefficient (Wildman–Crippen LogP) is 3.78. The summed E-state index contributed by atoms with van der Waals surface area (Å²) in [5.41, 5.74) is 0. The second kappa shape index (κ2) is 7.13. The first-order valence-electron chi connectivity index (χ1n) is 9.00. The molecule has 21 heavy (non-hydrogen) atoms. The van der Waals surface area contributed by atoms with Crippen LogP contribution in [0.15, 0.2) is 0 Å². The van der Waals surface area contributed by atoms with Gasteiger partial charge in [0.05, 0.1) is 12.2 Å². The average molecular weight is 294 g/mol. The summed E-state index contributed by atoms with van der Waals surface area (Å²) in [7, 11) is 0. The molecule has 1 N–H and O–H groups in total. The number of rotatable bonds is 5. The molecule has 1 heterocycles. The topological polar surface area (TPSA) is 32.3 Å². The molecule has 0 aromatic heterocycles. The summed E-state index contributed by atoms with van der Waals surface area (Å²) in [6.07, 6.45) is 7.95. The number of hydrogen-bond acceptors (Lipinski definition) is 2. The van der Waals surface area contributed by atoms with Gasteiger partial charge in [-0.15, -0.1) is 0 Å². The zero-order valence-electron chi connectivity index (χ0n) is 14.6. The molecule has 1 saturated heterocycles. The standard InChI is InChI=1S/C18H34N2O/c1-12(2)11-16-19-17(13(3)4)18(21)20(16)14(5)15-9-7-6-8-10-15/h12-17,19H,6-11H2,1-5H3. The SMILES string of the molecule is CC(C)CC1NC(C(C)C)C(=O)N1C(C)C1CCCCC1. The molecule has 3 atom stereocenters. The second-order valence-corrected chi connectivity index (χ2v) is 7.92. The molecule has 1 aliphatic heterocycles. The van der Waals surface area contributed by atoms with Crippen LogP contribution in [0.2, 0.25) is 0 Å². The van der Waals surface area contributed by atoms with Crippen molar-refractivity contribution in [3.63, 3.8) is 0 Å². The average Bonchev–Trinajstić information content (AvgIpc) is 2.75. The molecule has 122 valence electrons. The first kappa shape index (κ1) is 16.8. The molecule has 0 bridgehead atoms. The van der Waals surface area contributed by atoms with Gasteiger partial charge in [-0.25, -0.2) is 0 Å². The van der Waals surface area contributed by atoms with Crippen LogP contribution in [-0.4, -0.2) is 29.1 Å². The van der Waals surface area contributed by atoms with Crippen LogP contribution in [0.3, 0.4) is 0 Å². The van der Waals surface area contributed by atoms with Gasteiger partial charge < -0.3 is 4.90 Å². The Morgan fingerprint density at radius 1 is 1.10 bits per heavy atom. The molecule has 1 amide bonds. The van der Waals surface area contributed by atoms with Gasteiger partial charge in [-0.2, -0.15) is 0 Å². The molecule has 3 heteroatoms. The summed E-state index contributed by atoms with van der Waals surface area (Å²) in [4.78, 5) is 15.1. The van der Waals surface area contributed by atoms with E-state index in [0.29, 0.717) is 29.7 Å². The van der Waals surface area contributed by atoms with Crippen LogP contribution in [0.1, 0.15) is 73.1 Å². The Hall–Kier alpha value is -0.570. The van der Waals surface area contributed by atoms with Crippen LogP contribution in [-0.2, 0) is 4.79 Å². The highest BCUT2D eigenvalue weighted by molar-refractivity contribution is 5.85. The lowest BCUT2D eigenvalue weighted by Gasteiger charge is -2.38. The molecule has 1 saturated carbocycles. The number of carbonyl (C=O) groups excluding carboxylic acids is 1. The predicted molar refractivity (Wildman–Crippen MR) is 87.9 cm³/mol. The Morgan fingerprint density at radius 2 is 1.71 bits per heavy atom. The third-order valence-electron chi connectivity index (χ3n) is 5.36. The normalized spacial score (nSPS) is 29.7. The maximum absolute atomic E-state index is 12.9. The zero-order valence-corrected chi connectivity index (χ0v) is 14.6. The van der Waals surface area contributed by atoms with Gasteiger partial charge in [0.25, 0.3) is 0 Å². The lowest BCUT2D eigenvalue weighted by Crippen LogP contribution is -2.47. The molecule has 0 aromatic carbocycles. The van der Waals surface area contributed by atoms with Crippen molar-refractivity contribution in [2.75, 3.05) is 0 Å². The van der Waals surface area contributed by atoms with Crippen LogP contribution < -0.4 is 5.32 Å². The quantitative estimate of drug-likeness (QED) is 0.837. The molecule has 3 nitrogen and oxygen atoms in total. The highest BCUT2D eigenvalue weighted by atomic mass is 16.2. The second-order valence-electron chi connectivity index (χ2n) is 7.92. The van der Waals surface area contributed by atoms with E-state index in [4.69, 9.17) is 0 Å². The van der Waals surface area contributed by atoms with Gasteiger partial charge in [0.2, 0.25) is 5.91 Å². The van der Waals surface area contributed by atoms with E-state index in [2.05, 4.69) is 44.8 Å². The van der Waals surface area contributed by atoms with E-state index in [1.807, 2.05) is 0 Å². The Morgan fingerprint density at radius 3 is 2.24 bits per heavy atom. The number of hydrogen-bond donors (Lipinski definition) is 1. The highest BCUT2D eigenvalue weighted by Gasteiger charge is 2.44. The fraction of sp³-hybridized carbons (Fsp3) is 0.944. The van der Waals surface area contributed by atoms with Crippen molar-refractivity contribution in [3.05, 3.63) is 0 Å². The minimum absolute atomic E-state index is 0.0137. The fourth-order valence-electron chi connectivity index (χ4n) is 4.11. The Labute approximate surface area is 130 Å². The third-order valence-corrected chi connectivity index (χ3v) is 5.36. The molecule has 1 aliphatic carbocycles. The summed E-state index contributed by atoms with van der Waals surface area (Å²) in [6, 6.07) is 0.401. The number of nitrogens with one attached hydrogen (secondary N) is 1. The fourth-order valence-corrected chi connectivity index (χ4v) is 4.11. The monoisotopic (exact) mass is 294 g/mol. The number of nitrogens with zero attached hydrogens (tertiary/aromatic N) is 1. The van der Waals surface area contributed by atoms with E-state index < -0.39 is 0 Å². The Bertz CT molecular complexity index is 347. The molecule has 0 radical (unpaired) electrons. The van der Waals surface area contributed by atoms with Crippen LogP contribution >= 0.6 is 0 Å². The van der Waals surface area contributed by atoms with Crippen LogP contribution in [0, 0.1) is 17.8 Å². The Balaban J connectivity index is 2.12. The molecule has 2 aliphatic rings. The van der Waals surface area contributed by atoms with Crippen LogP contribution in [0.25, 0.3) is 0 Å². The van der Waals surface area contributed by atoms with E-state index in [1.54, 1.807) is 0 Å². The summed E-state index contributed by atoms with van der Waals surface area (Å²) in [6.45, 7) is 11.1. The highest BCUT2D eigenvalue weighted by Crippen LogP contribution is 2.33. The molecule has 0 spiro atoms. The first-order valence-corrected chi connectivity index (χ1v) is 9.00. The van der Waals surface area contributed by atoms with Gasteiger partial charge in [0.1, 0.15) is 0 Å². The van der Waals surface area contributed by atoms with Crippen molar-refractivity contribution in [2.24, 2.45) is 17.8 Å². The van der Waals surface area contributed by atoms with Gasteiger partial charge in [0, 0.05) is 6.04 Å². The van der Waals surface area contributed by atoms with Crippen molar-refractivity contribution in [1.82, 2.24) is 10.2 Å². The summed E-state index contributed by atoms with van der Waals surface area (Å²) < 4.78 is 0. The summed E-state index contributed by atoms with van der Waals surface area (Å²) >= 11 is 0. The van der Waals surface area contributed by atoms with Gasteiger partial charge in [0.15, 0.2) is 0 Å². The minimum Gasteiger partial charge on any atom is -0.323 e. The van der Waals surface area contributed by atoms with E-state index in [9.17, 15) is 4.79 Å². The van der Waals surface area contributed by atoms with Crippen molar-refractivity contribution in [3.8, 4) is 0 Å². The lowest BCUT2D eigenvalue weighted by molar-refractivity contribution is -0.134. The lowest BCUT2D eigenvalue weighted by atomic mass is 9.83. The van der Waals surface area contributed by atoms with Crippen molar-refractivity contribution in [2.45, 2.75) is 91.4 Å². The van der Waals surface area contributed by atoms with Gasteiger partial charge in [-0.1, -0.05) is 47.0 Å². The molecule has 2 fully saturated rings. The van der Waals surface area contributed by atoms with Crippen LogP contribution in [0.4, 0.5) is 0 Å². The van der Waals surface area contributed by atoms with Crippen molar-refractivity contribution < 1.29 is 4.79 Å². The van der Waals surface area contributed by atoms with E-state index in [-0.39, 0.29) is 12.2 Å². The minimum atomic E-state index is 0.0137. The Kier molecular flexibility index (Phi) is 5.70. The molecule has 2 rings (SSSR count).